The minimum Gasteiger partial charge on any atom is -0.380 e. The summed E-state index contributed by atoms with van der Waals surface area (Å²) in [6.45, 7) is 7.12. The molecule has 0 spiro atoms. The highest BCUT2D eigenvalue weighted by Crippen LogP contribution is 2.41. The van der Waals surface area contributed by atoms with Crippen LogP contribution in [0.4, 0.5) is 5.69 Å². The van der Waals surface area contributed by atoms with Crippen LogP contribution in [0.2, 0.25) is 5.15 Å². The van der Waals surface area contributed by atoms with Crippen LogP contribution in [0.3, 0.4) is 0 Å². The molecule has 19 heavy (non-hydrogen) atoms. The zero-order valence-electron chi connectivity index (χ0n) is 12.2. The third kappa shape index (κ3) is 3.62. The first kappa shape index (κ1) is 14.6. The lowest BCUT2D eigenvalue weighted by Crippen LogP contribution is -2.32. The Morgan fingerprint density at radius 3 is 2.58 bits per heavy atom. The van der Waals surface area contributed by atoms with Gasteiger partial charge in [-0.25, -0.2) is 4.98 Å². The molecule has 1 aromatic rings. The molecule has 2 nitrogen and oxygen atoms in total. The molecule has 0 amide bonds. The first-order valence-corrected chi connectivity index (χ1v) is 7.78. The molecule has 1 fully saturated rings. The number of halogens is 1. The first-order chi connectivity index (χ1) is 9.03. The van der Waals surface area contributed by atoms with Gasteiger partial charge in [-0.2, -0.15) is 0 Å². The third-order valence-corrected chi connectivity index (χ3v) is 5.16. The molecule has 0 aromatic carbocycles. The topological polar surface area (TPSA) is 24.9 Å². The van der Waals surface area contributed by atoms with Crippen molar-refractivity contribution in [1.82, 2.24) is 4.98 Å². The van der Waals surface area contributed by atoms with Gasteiger partial charge in [-0.05, 0) is 49.1 Å². The fourth-order valence-electron chi connectivity index (χ4n) is 3.02. The van der Waals surface area contributed by atoms with Gasteiger partial charge in [0.05, 0.1) is 5.69 Å². The number of aromatic nitrogens is 1. The van der Waals surface area contributed by atoms with Crippen LogP contribution >= 0.6 is 11.6 Å². The second-order valence-electron chi connectivity index (χ2n) is 6.38. The summed E-state index contributed by atoms with van der Waals surface area (Å²) in [5.74, 6) is 0.861. The molecule has 1 N–H and O–H groups in total. The van der Waals surface area contributed by atoms with Crippen LogP contribution in [-0.2, 0) is 0 Å². The van der Waals surface area contributed by atoms with Gasteiger partial charge in [-0.3, -0.25) is 0 Å². The predicted molar refractivity (Wildman–Crippen MR) is 82.7 cm³/mol. The van der Waals surface area contributed by atoms with E-state index >= 15 is 0 Å². The third-order valence-electron chi connectivity index (χ3n) is 4.86. The van der Waals surface area contributed by atoms with Crippen molar-refractivity contribution < 1.29 is 0 Å². The molecule has 1 heterocycles. The molecule has 106 valence electrons. The summed E-state index contributed by atoms with van der Waals surface area (Å²) in [5, 5.41) is 4.13. The molecule has 1 aromatic heterocycles. The lowest BCUT2D eigenvalue weighted by molar-refractivity contribution is 0.147. The molecule has 0 aliphatic heterocycles. The second kappa shape index (κ2) is 6.13. The highest BCUT2D eigenvalue weighted by Gasteiger charge is 2.31. The van der Waals surface area contributed by atoms with Crippen molar-refractivity contribution in [1.29, 1.82) is 0 Å². The molecule has 1 aliphatic carbocycles. The summed E-state index contributed by atoms with van der Waals surface area (Å²) >= 11 is 6.09. The fraction of sp³-hybridized carbons (Fsp3) is 0.688. The van der Waals surface area contributed by atoms with E-state index in [0.29, 0.717) is 16.6 Å². The van der Waals surface area contributed by atoms with Crippen molar-refractivity contribution in [3.05, 3.63) is 23.5 Å². The van der Waals surface area contributed by atoms with Crippen LogP contribution in [0.1, 0.15) is 52.9 Å². The monoisotopic (exact) mass is 280 g/mol. The molecule has 3 heteroatoms. The maximum Gasteiger partial charge on any atom is 0.152 e. The average Bonchev–Trinajstić information content (AvgIpc) is 2.42. The maximum absolute atomic E-state index is 6.09. The normalized spacial score (nSPS) is 24.2. The first-order valence-electron chi connectivity index (χ1n) is 7.40. The molecule has 0 radical (unpaired) electrons. The van der Waals surface area contributed by atoms with Gasteiger partial charge < -0.3 is 5.32 Å². The molecule has 0 bridgehead atoms. The van der Waals surface area contributed by atoms with Gasteiger partial charge in [0.25, 0.3) is 0 Å². The van der Waals surface area contributed by atoms with Crippen molar-refractivity contribution in [2.45, 2.75) is 58.9 Å². The van der Waals surface area contributed by atoms with Crippen molar-refractivity contribution in [2.75, 3.05) is 5.32 Å². The van der Waals surface area contributed by atoms with Gasteiger partial charge in [0.2, 0.25) is 0 Å². The van der Waals surface area contributed by atoms with Crippen molar-refractivity contribution in [2.24, 2.45) is 11.3 Å². The Morgan fingerprint density at radius 1 is 1.32 bits per heavy atom. The van der Waals surface area contributed by atoms with E-state index in [1.54, 1.807) is 6.20 Å². The Kier molecular flexibility index (Phi) is 4.72. The van der Waals surface area contributed by atoms with Crippen LogP contribution in [0.15, 0.2) is 18.3 Å². The lowest BCUT2D eigenvalue weighted by Gasteiger charge is -2.39. The number of rotatable bonds is 4. The molecule has 0 atom stereocenters. The number of pyridine rings is 1. The Labute approximate surface area is 122 Å². The van der Waals surface area contributed by atoms with Gasteiger partial charge >= 0.3 is 0 Å². The predicted octanol–water partition coefficient (Wildman–Crippen LogP) is 5.14. The molecule has 1 saturated carbocycles. The Balaban J connectivity index is 1.89. The summed E-state index contributed by atoms with van der Waals surface area (Å²) in [7, 11) is 0. The van der Waals surface area contributed by atoms with Crippen molar-refractivity contribution >= 4 is 17.3 Å². The van der Waals surface area contributed by atoms with Gasteiger partial charge in [-0.1, -0.05) is 38.8 Å². The molecule has 2 rings (SSSR count). The van der Waals surface area contributed by atoms with E-state index in [4.69, 9.17) is 11.6 Å². The maximum atomic E-state index is 6.09. The summed E-state index contributed by atoms with van der Waals surface area (Å²) in [5.41, 5.74) is 1.46. The smallest absolute Gasteiger partial charge is 0.152 e. The van der Waals surface area contributed by atoms with Crippen molar-refractivity contribution in [3.8, 4) is 0 Å². The molecular weight excluding hydrogens is 256 g/mol. The zero-order chi connectivity index (χ0) is 13.9. The van der Waals surface area contributed by atoms with E-state index in [0.717, 1.165) is 11.6 Å². The fourth-order valence-corrected chi connectivity index (χ4v) is 3.20. The largest absolute Gasteiger partial charge is 0.380 e. The Bertz CT molecular complexity index is 409. The Hall–Kier alpha value is -0.760. The van der Waals surface area contributed by atoms with Gasteiger partial charge in [0, 0.05) is 12.2 Å². The average molecular weight is 281 g/mol. The highest BCUT2D eigenvalue weighted by atomic mass is 35.5. The van der Waals surface area contributed by atoms with Crippen LogP contribution in [0, 0.1) is 11.3 Å². The Morgan fingerprint density at radius 2 is 2.00 bits per heavy atom. The zero-order valence-corrected chi connectivity index (χ0v) is 13.0. The molecule has 0 unspecified atom stereocenters. The van der Waals surface area contributed by atoms with E-state index in [2.05, 4.69) is 31.1 Å². The second-order valence-corrected chi connectivity index (χ2v) is 6.73. The number of anilines is 1. The van der Waals surface area contributed by atoms with Crippen LogP contribution < -0.4 is 5.32 Å². The van der Waals surface area contributed by atoms with Crippen molar-refractivity contribution in [3.63, 3.8) is 0 Å². The van der Waals surface area contributed by atoms with Crippen LogP contribution in [0.5, 0.6) is 0 Å². The quantitative estimate of drug-likeness (QED) is 0.772. The van der Waals surface area contributed by atoms with E-state index in [-0.39, 0.29) is 0 Å². The lowest BCUT2D eigenvalue weighted by atomic mass is 9.69. The number of hydrogen-bond acceptors (Lipinski definition) is 2. The van der Waals surface area contributed by atoms with E-state index < -0.39 is 0 Å². The standard InChI is InChI=1S/C16H25ClN2/c1-4-16(2,3)12-7-9-13(10-8-12)19-14-6-5-11-18-15(14)17/h5-6,11-13,19H,4,7-10H2,1-3H3. The van der Waals surface area contributed by atoms with E-state index in [1.807, 2.05) is 12.1 Å². The summed E-state index contributed by atoms with van der Waals surface area (Å²) < 4.78 is 0. The number of hydrogen-bond donors (Lipinski definition) is 1. The number of nitrogens with one attached hydrogen (secondary N) is 1. The number of nitrogens with zero attached hydrogens (tertiary/aromatic N) is 1. The van der Waals surface area contributed by atoms with E-state index in [1.165, 1.54) is 32.1 Å². The molecular formula is C16H25ClN2. The minimum absolute atomic E-state index is 0.483. The highest BCUT2D eigenvalue weighted by molar-refractivity contribution is 6.31. The summed E-state index contributed by atoms with van der Waals surface area (Å²) in [6.07, 6.45) is 8.10. The van der Waals surface area contributed by atoms with Crippen LogP contribution in [-0.4, -0.2) is 11.0 Å². The van der Waals surface area contributed by atoms with Crippen LogP contribution in [0.25, 0.3) is 0 Å². The van der Waals surface area contributed by atoms with Gasteiger partial charge in [-0.15, -0.1) is 0 Å². The minimum atomic E-state index is 0.483. The van der Waals surface area contributed by atoms with E-state index in [9.17, 15) is 0 Å². The molecule has 0 saturated heterocycles. The SMILES string of the molecule is CCC(C)(C)C1CCC(Nc2cccnc2Cl)CC1. The summed E-state index contributed by atoms with van der Waals surface area (Å²) in [6, 6.07) is 4.49. The summed E-state index contributed by atoms with van der Waals surface area (Å²) in [4.78, 5) is 4.12. The van der Waals surface area contributed by atoms with Gasteiger partial charge in [0.1, 0.15) is 0 Å². The molecule has 1 aliphatic rings. The van der Waals surface area contributed by atoms with Gasteiger partial charge in [0.15, 0.2) is 5.15 Å².